The molecule has 0 amide bonds. The van der Waals surface area contributed by atoms with Crippen LogP contribution in [-0.4, -0.2) is 70.0 Å². The molecule has 0 aliphatic carbocycles. The van der Waals surface area contributed by atoms with Crippen molar-refractivity contribution >= 4 is 0 Å². The van der Waals surface area contributed by atoms with Crippen molar-refractivity contribution in [2.75, 3.05) is 6.61 Å². The van der Waals surface area contributed by atoms with Gasteiger partial charge in [0.15, 0.2) is 23.3 Å². The molecule has 0 unspecified atom stereocenters. The molecule has 1 saturated heterocycles. The van der Waals surface area contributed by atoms with Gasteiger partial charge in [-0.3, -0.25) is 4.57 Å². The van der Waals surface area contributed by atoms with Crippen LogP contribution in [0.5, 0.6) is 0 Å². The molecule has 3 N–H and O–H groups in total. The van der Waals surface area contributed by atoms with E-state index in [0.29, 0.717) is 5.69 Å². The van der Waals surface area contributed by atoms with Gasteiger partial charge in [-0.2, -0.15) is 0 Å². The van der Waals surface area contributed by atoms with Crippen LogP contribution in [0.25, 0.3) is 16.9 Å². The lowest BCUT2D eigenvalue weighted by atomic mass is 9.92. The van der Waals surface area contributed by atoms with Crippen LogP contribution in [0.1, 0.15) is 18.0 Å². The zero-order valence-corrected chi connectivity index (χ0v) is 17.9. The quantitative estimate of drug-likeness (QED) is 0.359. The van der Waals surface area contributed by atoms with E-state index in [1.807, 2.05) is 6.07 Å². The van der Waals surface area contributed by atoms with E-state index in [2.05, 4.69) is 20.5 Å². The first kappa shape index (κ1) is 23.1. The van der Waals surface area contributed by atoms with Crippen LogP contribution in [0.3, 0.4) is 0 Å². The number of halogens is 3. The Bertz CT molecular complexity index is 1310. The molecular formula is C22H19F3N6O4. The van der Waals surface area contributed by atoms with Gasteiger partial charge in [-0.05, 0) is 24.3 Å². The van der Waals surface area contributed by atoms with Gasteiger partial charge in [0.25, 0.3) is 0 Å². The molecular weight excluding hydrogens is 469 g/mol. The van der Waals surface area contributed by atoms with Crippen molar-refractivity contribution in [2.24, 2.45) is 0 Å². The van der Waals surface area contributed by atoms with Gasteiger partial charge in [-0.15, -0.1) is 15.3 Å². The molecule has 35 heavy (non-hydrogen) atoms. The normalized spacial score (nSPS) is 24.6. The Kier molecular flexibility index (Phi) is 6.06. The van der Waals surface area contributed by atoms with Crippen LogP contribution in [0.15, 0.2) is 55.0 Å². The Morgan fingerprint density at radius 1 is 0.971 bits per heavy atom. The van der Waals surface area contributed by atoms with Crippen LogP contribution in [-0.2, 0) is 4.74 Å². The van der Waals surface area contributed by atoms with Crippen molar-refractivity contribution < 1.29 is 33.2 Å². The van der Waals surface area contributed by atoms with Gasteiger partial charge in [0, 0.05) is 11.3 Å². The molecule has 10 nitrogen and oxygen atoms in total. The molecule has 2 aromatic carbocycles. The Labute approximate surface area is 195 Å². The van der Waals surface area contributed by atoms with Gasteiger partial charge in [-0.1, -0.05) is 23.4 Å². The van der Waals surface area contributed by atoms with Crippen molar-refractivity contribution in [3.05, 3.63) is 78.3 Å². The predicted octanol–water partition coefficient (Wildman–Crippen LogP) is 1.34. The Balaban J connectivity index is 1.51. The first-order chi connectivity index (χ1) is 16.9. The van der Waals surface area contributed by atoms with Crippen LogP contribution in [0, 0.1) is 17.5 Å². The molecule has 1 fully saturated rings. The average Bonchev–Trinajstić information content (AvgIpc) is 3.54. The van der Waals surface area contributed by atoms with Crippen molar-refractivity contribution in [3.8, 4) is 16.9 Å². The molecule has 4 aromatic rings. The summed E-state index contributed by atoms with van der Waals surface area (Å²) in [5.41, 5.74) is 0.566. The van der Waals surface area contributed by atoms with Gasteiger partial charge < -0.3 is 20.1 Å². The summed E-state index contributed by atoms with van der Waals surface area (Å²) >= 11 is 0. The van der Waals surface area contributed by atoms with Gasteiger partial charge in [0.05, 0.1) is 12.8 Å². The number of para-hydroxylation sites is 1. The molecule has 0 radical (unpaired) electrons. The van der Waals surface area contributed by atoms with Crippen molar-refractivity contribution in [1.82, 2.24) is 29.8 Å². The zero-order chi connectivity index (χ0) is 24.7. The fourth-order valence-corrected chi connectivity index (χ4v) is 4.11. The SMILES string of the molecule is OC[C@H]1O[C@@H](c2nncn2-c2ccccc2)[C@H](O)[C@@H](n2cc(-c3cc(F)c(F)c(F)c3)nn2)[C@H]1O. The number of rotatable bonds is 5. The minimum absolute atomic E-state index is 0.0294. The molecule has 182 valence electrons. The lowest BCUT2D eigenvalue weighted by molar-refractivity contribution is -0.210. The smallest absolute Gasteiger partial charge is 0.194 e. The minimum atomic E-state index is -1.62. The highest BCUT2D eigenvalue weighted by Crippen LogP contribution is 2.38. The number of hydrogen-bond donors (Lipinski definition) is 3. The standard InChI is InChI=1S/C22H19F3N6O4/c23-13-6-11(7-14(24)17(13)25)15-8-31(29-27-15)18-19(33)16(9-32)35-21(20(18)34)22-28-26-10-30(22)12-4-2-1-3-5-12/h1-8,10,16,18-21,32-34H,9H2/t16-,18+,19+,20-,21-/m1/s1. The summed E-state index contributed by atoms with van der Waals surface area (Å²) in [6.07, 6.45) is -2.49. The van der Waals surface area contributed by atoms with Crippen molar-refractivity contribution in [2.45, 2.75) is 30.5 Å². The third-order valence-electron chi connectivity index (χ3n) is 5.85. The third-order valence-corrected chi connectivity index (χ3v) is 5.85. The lowest BCUT2D eigenvalue weighted by Gasteiger charge is -2.41. The van der Waals surface area contributed by atoms with Crippen molar-refractivity contribution in [3.63, 3.8) is 0 Å². The molecule has 0 spiro atoms. The summed E-state index contributed by atoms with van der Waals surface area (Å²) in [6, 6.07) is 9.34. The predicted molar refractivity (Wildman–Crippen MR) is 112 cm³/mol. The van der Waals surface area contributed by atoms with Crippen LogP contribution < -0.4 is 0 Å². The van der Waals surface area contributed by atoms with Gasteiger partial charge in [-0.25, -0.2) is 17.9 Å². The molecule has 1 aliphatic heterocycles. The highest BCUT2D eigenvalue weighted by molar-refractivity contribution is 5.58. The highest BCUT2D eigenvalue weighted by atomic mass is 19.2. The van der Waals surface area contributed by atoms with Gasteiger partial charge in [0.2, 0.25) is 0 Å². The molecule has 5 atom stereocenters. The largest absolute Gasteiger partial charge is 0.394 e. The zero-order valence-electron chi connectivity index (χ0n) is 17.9. The highest BCUT2D eigenvalue weighted by Gasteiger charge is 2.48. The molecule has 13 heteroatoms. The summed E-state index contributed by atoms with van der Waals surface area (Å²) in [7, 11) is 0. The molecule has 0 saturated carbocycles. The Hall–Kier alpha value is -3.65. The third kappa shape index (κ3) is 4.08. The molecule has 1 aliphatic rings. The maximum Gasteiger partial charge on any atom is 0.194 e. The van der Waals surface area contributed by atoms with Crippen LogP contribution in [0.2, 0.25) is 0 Å². The second-order valence-electron chi connectivity index (χ2n) is 7.98. The van der Waals surface area contributed by atoms with E-state index in [0.717, 1.165) is 16.8 Å². The number of ether oxygens (including phenoxy) is 1. The first-order valence-electron chi connectivity index (χ1n) is 10.5. The average molecular weight is 488 g/mol. The summed E-state index contributed by atoms with van der Waals surface area (Å²) in [4.78, 5) is 0. The van der Waals surface area contributed by atoms with E-state index < -0.39 is 54.5 Å². The van der Waals surface area contributed by atoms with E-state index in [9.17, 15) is 28.5 Å². The molecule has 0 bridgehead atoms. The number of aliphatic hydroxyl groups excluding tert-OH is 3. The van der Waals surface area contributed by atoms with Gasteiger partial charge in [0.1, 0.15) is 42.5 Å². The van der Waals surface area contributed by atoms with E-state index in [4.69, 9.17) is 4.74 Å². The van der Waals surface area contributed by atoms with E-state index in [-0.39, 0.29) is 17.1 Å². The summed E-state index contributed by atoms with van der Waals surface area (Å²) in [6.45, 7) is -0.587. The fourth-order valence-electron chi connectivity index (χ4n) is 4.11. The number of aromatic nitrogens is 6. The Morgan fingerprint density at radius 3 is 2.37 bits per heavy atom. The van der Waals surface area contributed by atoms with Gasteiger partial charge >= 0.3 is 0 Å². The summed E-state index contributed by atoms with van der Waals surface area (Å²) < 4.78 is 49.2. The first-order valence-corrected chi connectivity index (χ1v) is 10.5. The van der Waals surface area contributed by atoms with E-state index in [1.165, 1.54) is 12.5 Å². The van der Waals surface area contributed by atoms with E-state index >= 15 is 0 Å². The maximum atomic E-state index is 13.7. The second kappa shape index (κ2) is 9.19. The summed E-state index contributed by atoms with van der Waals surface area (Å²) in [5.74, 6) is -4.21. The maximum absolute atomic E-state index is 13.7. The number of benzene rings is 2. The molecule has 3 heterocycles. The van der Waals surface area contributed by atoms with Crippen LogP contribution >= 0.6 is 0 Å². The lowest BCUT2D eigenvalue weighted by Crippen LogP contribution is -2.53. The summed E-state index contributed by atoms with van der Waals surface area (Å²) in [5, 5.41) is 47.5. The topological polar surface area (TPSA) is 131 Å². The molecule has 5 rings (SSSR count). The monoisotopic (exact) mass is 488 g/mol. The second-order valence-corrected chi connectivity index (χ2v) is 7.98. The minimum Gasteiger partial charge on any atom is -0.394 e. The number of hydrogen-bond acceptors (Lipinski definition) is 8. The van der Waals surface area contributed by atoms with Crippen LogP contribution in [0.4, 0.5) is 13.2 Å². The Morgan fingerprint density at radius 2 is 1.69 bits per heavy atom. The fraction of sp³-hybridized carbons (Fsp3) is 0.273. The van der Waals surface area contributed by atoms with Crippen molar-refractivity contribution in [1.29, 1.82) is 0 Å². The number of nitrogens with zero attached hydrogens (tertiary/aromatic N) is 6. The molecule has 2 aromatic heterocycles. The van der Waals surface area contributed by atoms with E-state index in [1.54, 1.807) is 28.8 Å². The number of aliphatic hydroxyl groups is 3.